The fourth-order valence-electron chi connectivity index (χ4n) is 1.60. The van der Waals surface area contributed by atoms with Crippen molar-refractivity contribution in [3.63, 3.8) is 0 Å². The Balaban J connectivity index is 2.26. The van der Waals surface area contributed by atoms with Crippen LogP contribution in [0.25, 0.3) is 11.1 Å². The van der Waals surface area contributed by atoms with E-state index in [1.807, 2.05) is 24.3 Å². The third-order valence-electron chi connectivity index (χ3n) is 2.61. The van der Waals surface area contributed by atoms with Crippen molar-refractivity contribution in [1.29, 1.82) is 0 Å². The summed E-state index contributed by atoms with van der Waals surface area (Å²) in [5.41, 5.74) is 14.8. The van der Waals surface area contributed by atoms with E-state index in [1.54, 1.807) is 12.4 Å². The van der Waals surface area contributed by atoms with Crippen LogP contribution in [0, 0.1) is 0 Å². The Bertz CT molecular complexity index is 436. The van der Waals surface area contributed by atoms with E-state index in [0.29, 0.717) is 6.54 Å². The largest absolute Gasteiger partial charge is 0.329 e. The van der Waals surface area contributed by atoms with Gasteiger partial charge in [0.1, 0.15) is 0 Å². The van der Waals surface area contributed by atoms with E-state index in [0.717, 1.165) is 16.7 Å². The van der Waals surface area contributed by atoms with Crippen molar-refractivity contribution in [3.05, 3.63) is 54.4 Å². The van der Waals surface area contributed by atoms with Crippen molar-refractivity contribution < 1.29 is 0 Å². The van der Waals surface area contributed by atoms with E-state index in [4.69, 9.17) is 11.5 Å². The third-order valence-corrected chi connectivity index (χ3v) is 2.61. The first-order chi connectivity index (χ1) is 7.81. The van der Waals surface area contributed by atoms with Crippen molar-refractivity contribution in [2.24, 2.45) is 11.5 Å². The summed E-state index contributed by atoms with van der Waals surface area (Å²) in [5, 5.41) is 0. The highest BCUT2D eigenvalue weighted by Gasteiger charge is 2.03. The zero-order valence-electron chi connectivity index (χ0n) is 9.01. The minimum Gasteiger partial charge on any atom is -0.329 e. The number of benzene rings is 1. The molecule has 0 spiro atoms. The quantitative estimate of drug-likeness (QED) is 0.815. The lowest BCUT2D eigenvalue weighted by Gasteiger charge is -2.09. The van der Waals surface area contributed by atoms with Gasteiger partial charge >= 0.3 is 0 Å². The number of rotatable bonds is 3. The molecule has 2 aromatic rings. The van der Waals surface area contributed by atoms with Crippen LogP contribution < -0.4 is 11.5 Å². The average molecular weight is 213 g/mol. The molecule has 0 aliphatic rings. The van der Waals surface area contributed by atoms with E-state index >= 15 is 0 Å². The van der Waals surface area contributed by atoms with Gasteiger partial charge in [-0.2, -0.15) is 0 Å². The molecule has 2 rings (SSSR count). The summed E-state index contributed by atoms with van der Waals surface area (Å²) < 4.78 is 0. The van der Waals surface area contributed by atoms with Crippen LogP contribution in [0.15, 0.2) is 48.8 Å². The molecular weight excluding hydrogens is 198 g/mol. The van der Waals surface area contributed by atoms with Gasteiger partial charge in [0.2, 0.25) is 0 Å². The monoisotopic (exact) mass is 213 g/mol. The van der Waals surface area contributed by atoms with E-state index in [2.05, 4.69) is 17.1 Å². The summed E-state index contributed by atoms with van der Waals surface area (Å²) in [6.45, 7) is 0.467. The molecule has 3 nitrogen and oxygen atoms in total. The number of hydrogen-bond donors (Lipinski definition) is 2. The Kier molecular flexibility index (Phi) is 3.29. The zero-order valence-corrected chi connectivity index (χ0v) is 9.01. The third kappa shape index (κ3) is 2.27. The standard InChI is InChI=1S/C13H15N3/c14-9-13(15)12-3-1-10(2-4-12)11-5-7-16-8-6-11/h1-8,13H,9,14-15H2. The van der Waals surface area contributed by atoms with Crippen LogP contribution in [0.4, 0.5) is 0 Å². The molecule has 0 fully saturated rings. The second kappa shape index (κ2) is 4.88. The van der Waals surface area contributed by atoms with Gasteiger partial charge in [-0.25, -0.2) is 0 Å². The van der Waals surface area contributed by atoms with Crippen LogP contribution in [0.5, 0.6) is 0 Å². The predicted molar refractivity (Wildman–Crippen MR) is 65.7 cm³/mol. The van der Waals surface area contributed by atoms with Gasteiger partial charge in [0.05, 0.1) is 0 Å². The number of nitrogens with zero attached hydrogens (tertiary/aromatic N) is 1. The zero-order chi connectivity index (χ0) is 11.4. The lowest BCUT2D eigenvalue weighted by molar-refractivity contribution is 0.737. The molecule has 0 amide bonds. The molecule has 82 valence electrons. The molecule has 4 N–H and O–H groups in total. The van der Waals surface area contributed by atoms with Crippen molar-refractivity contribution in [2.75, 3.05) is 6.54 Å². The van der Waals surface area contributed by atoms with E-state index < -0.39 is 0 Å². The summed E-state index contributed by atoms with van der Waals surface area (Å²) in [5.74, 6) is 0. The topological polar surface area (TPSA) is 64.9 Å². The van der Waals surface area contributed by atoms with Gasteiger partial charge in [-0.15, -0.1) is 0 Å². The van der Waals surface area contributed by atoms with E-state index in [1.165, 1.54) is 0 Å². The van der Waals surface area contributed by atoms with Gasteiger partial charge in [0.15, 0.2) is 0 Å². The van der Waals surface area contributed by atoms with Crippen LogP contribution in [0.3, 0.4) is 0 Å². The maximum Gasteiger partial charge on any atom is 0.0419 e. The SMILES string of the molecule is NCC(N)c1ccc(-c2ccncc2)cc1. The highest BCUT2D eigenvalue weighted by molar-refractivity contribution is 5.62. The summed E-state index contributed by atoms with van der Waals surface area (Å²) in [7, 11) is 0. The smallest absolute Gasteiger partial charge is 0.0419 e. The van der Waals surface area contributed by atoms with Crippen molar-refractivity contribution in [2.45, 2.75) is 6.04 Å². The Morgan fingerprint density at radius 1 is 0.938 bits per heavy atom. The molecule has 0 saturated heterocycles. The molecule has 0 radical (unpaired) electrons. The van der Waals surface area contributed by atoms with E-state index in [9.17, 15) is 0 Å². The second-order valence-electron chi connectivity index (χ2n) is 3.70. The molecule has 1 heterocycles. The van der Waals surface area contributed by atoms with Crippen LogP contribution in [0.2, 0.25) is 0 Å². The highest BCUT2D eigenvalue weighted by Crippen LogP contribution is 2.20. The van der Waals surface area contributed by atoms with Crippen LogP contribution >= 0.6 is 0 Å². The number of hydrogen-bond acceptors (Lipinski definition) is 3. The maximum atomic E-state index is 5.85. The van der Waals surface area contributed by atoms with Gasteiger partial charge in [-0.3, -0.25) is 4.98 Å². The molecule has 0 bridgehead atoms. The highest BCUT2D eigenvalue weighted by atomic mass is 14.7. The molecule has 0 aliphatic carbocycles. The fraction of sp³-hybridized carbons (Fsp3) is 0.154. The number of pyridine rings is 1. The van der Waals surface area contributed by atoms with Gasteiger partial charge in [-0.05, 0) is 28.8 Å². The Morgan fingerprint density at radius 2 is 1.50 bits per heavy atom. The minimum atomic E-state index is -0.0773. The molecule has 16 heavy (non-hydrogen) atoms. The Labute approximate surface area is 95.1 Å². The summed E-state index contributed by atoms with van der Waals surface area (Å²) in [6, 6.07) is 12.0. The first kappa shape index (κ1) is 10.8. The number of aromatic nitrogens is 1. The fourth-order valence-corrected chi connectivity index (χ4v) is 1.60. The average Bonchev–Trinajstić information content (AvgIpc) is 2.39. The van der Waals surface area contributed by atoms with Crippen LogP contribution in [-0.2, 0) is 0 Å². The predicted octanol–water partition coefficient (Wildman–Crippen LogP) is 1.71. The van der Waals surface area contributed by atoms with Gasteiger partial charge in [0.25, 0.3) is 0 Å². The molecule has 1 unspecified atom stereocenters. The molecule has 3 heteroatoms. The first-order valence-corrected chi connectivity index (χ1v) is 5.27. The van der Waals surface area contributed by atoms with Crippen molar-refractivity contribution in [3.8, 4) is 11.1 Å². The lowest BCUT2D eigenvalue weighted by Crippen LogP contribution is -2.20. The van der Waals surface area contributed by atoms with Crippen molar-refractivity contribution in [1.82, 2.24) is 4.98 Å². The molecule has 1 atom stereocenters. The van der Waals surface area contributed by atoms with Crippen LogP contribution in [-0.4, -0.2) is 11.5 Å². The Hall–Kier alpha value is -1.71. The second-order valence-corrected chi connectivity index (χ2v) is 3.70. The van der Waals surface area contributed by atoms with Crippen LogP contribution in [0.1, 0.15) is 11.6 Å². The summed E-state index contributed by atoms with van der Waals surface area (Å²) in [6.07, 6.45) is 3.57. The lowest BCUT2D eigenvalue weighted by atomic mass is 10.0. The van der Waals surface area contributed by atoms with Gasteiger partial charge in [-0.1, -0.05) is 24.3 Å². The number of nitrogens with two attached hydrogens (primary N) is 2. The summed E-state index contributed by atoms with van der Waals surface area (Å²) >= 11 is 0. The van der Waals surface area contributed by atoms with Gasteiger partial charge < -0.3 is 11.5 Å². The summed E-state index contributed by atoms with van der Waals surface area (Å²) in [4.78, 5) is 3.99. The molecule has 1 aromatic carbocycles. The normalized spacial score (nSPS) is 12.4. The molecule has 0 saturated carbocycles. The Morgan fingerprint density at radius 3 is 2.06 bits per heavy atom. The van der Waals surface area contributed by atoms with Crippen molar-refractivity contribution >= 4 is 0 Å². The first-order valence-electron chi connectivity index (χ1n) is 5.27. The minimum absolute atomic E-state index is 0.0773. The molecule has 0 aliphatic heterocycles. The molecule has 1 aromatic heterocycles. The van der Waals surface area contributed by atoms with E-state index in [-0.39, 0.29) is 6.04 Å². The maximum absolute atomic E-state index is 5.85. The molecular formula is C13H15N3. The van der Waals surface area contributed by atoms with Gasteiger partial charge in [0, 0.05) is 25.0 Å².